The molecule has 0 aliphatic heterocycles. The van der Waals surface area contributed by atoms with Crippen molar-refractivity contribution in [1.82, 2.24) is 15.2 Å². The second-order valence-electron chi connectivity index (χ2n) is 14.5. The van der Waals surface area contributed by atoms with Crippen LogP contribution in [-0.4, -0.2) is 71.4 Å². The summed E-state index contributed by atoms with van der Waals surface area (Å²) in [5, 5.41) is 5.07. The van der Waals surface area contributed by atoms with Crippen LogP contribution < -0.4 is 5.32 Å². The van der Waals surface area contributed by atoms with Gasteiger partial charge in [0.05, 0.1) is 25.4 Å². The SMILES string of the molecule is CC[C@H](C)[C@H](CC(=O)OC(C)(C)C)C(=O)N(C)[C@H](C[C@@H](OC(C)=O)c1nc(C(=O)N[C@@H](Cc2ccccc2)C[C@H](C)C(=O)OC)cs1)C(C)C. The number of nitrogens with zero attached hydrogens (tertiary/aromatic N) is 2. The smallest absolute Gasteiger partial charge is 0.308 e. The Balaban J connectivity index is 2.32. The molecule has 1 heterocycles. The van der Waals surface area contributed by atoms with E-state index in [0.29, 0.717) is 24.3 Å². The third kappa shape index (κ3) is 13.5. The van der Waals surface area contributed by atoms with E-state index >= 15 is 0 Å². The highest BCUT2D eigenvalue weighted by molar-refractivity contribution is 7.09. The van der Waals surface area contributed by atoms with Crippen LogP contribution in [0, 0.1) is 23.7 Å². The summed E-state index contributed by atoms with van der Waals surface area (Å²) in [6.45, 7) is 16.4. The minimum atomic E-state index is -0.825. The van der Waals surface area contributed by atoms with Crippen LogP contribution in [0.4, 0.5) is 0 Å². The molecule has 11 nitrogen and oxygen atoms in total. The van der Waals surface area contributed by atoms with Crippen molar-refractivity contribution in [2.24, 2.45) is 23.7 Å². The van der Waals surface area contributed by atoms with E-state index in [-0.39, 0.29) is 54.3 Å². The van der Waals surface area contributed by atoms with Gasteiger partial charge in [-0.3, -0.25) is 24.0 Å². The molecule has 0 unspecified atom stereocenters. The number of hydrogen-bond donors (Lipinski definition) is 1. The number of thiazole rings is 1. The number of hydrogen-bond acceptors (Lipinski definition) is 10. The number of ether oxygens (including phenoxy) is 3. The lowest BCUT2D eigenvalue weighted by Gasteiger charge is -2.36. The third-order valence-electron chi connectivity index (χ3n) is 8.76. The predicted octanol–water partition coefficient (Wildman–Crippen LogP) is 6.55. The Kier molecular flexibility index (Phi) is 16.6. The third-order valence-corrected chi connectivity index (χ3v) is 9.70. The topological polar surface area (TPSA) is 141 Å². The summed E-state index contributed by atoms with van der Waals surface area (Å²) < 4.78 is 16.2. The number of aromatic nitrogens is 1. The fourth-order valence-electron chi connectivity index (χ4n) is 5.92. The largest absolute Gasteiger partial charge is 0.469 e. The summed E-state index contributed by atoms with van der Waals surface area (Å²) in [5.41, 5.74) is 0.492. The van der Waals surface area contributed by atoms with Gasteiger partial charge in [0.15, 0.2) is 6.10 Å². The average molecular weight is 716 g/mol. The quantitative estimate of drug-likeness (QED) is 0.134. The maximum Gasteiger partial charge on any atom is 0.308 e. The molecule has 50 heavy (non-hydrogen) atoms. The van der Waals surface area contributed by atoms with Gasteiger partial charge in [0.25, 0.3) is 5.91 Å². The fourth-order valence-corrected chi connectivity index (χ4v) is 6.76. The Labute approximate surface area is 301 Å². The van der Waals surface area contributed by atoms with E-state index in [1.807, 2.05) is 58.0 Å². The molecule has 12 heteroatoms. The molecular weight excluding hydrogens is 658 g/mol. The van der Waals surface area contributed by atoms with Crippen LogP contribution in [0.3, 0.4) is 0 Å². The molecule has 2 aromatic rings. The lowest BCUT2D eigenvalue weighted by atomic mass is 9.86. The zero-order valence-corrected chi connectivity index (χ0v) is 32.4. The van der Waals surface area contributed by atoms with Crippen molar-refractivity contribution < 1.29 is 38.2 Å². The van der Waals surface area contributed by atoms with Crippen LogP contribution in [-0.2, 0) is 39.8 Å². The normalized spacial score (nSPS) is 15.2. The number of benzene rings is 1. The van der Waals surface area contributed by atoms with Gasteiger partial charge < -0.3 is 24.4 Å². The van der Waals surface area contributed by atoms with Gasteiger partial charge >= 0.3 is 17.9 Å². The summed E-state index contributed by atoms with van der Waals surface area (Å²) in [6.07, 6.45) is 0.941. The van der Waals surface area contributed by atoms with Crippen molar-refractivity contribution in [3.63, 3.8) is 0 Å². The van der Waals surface area contributed by atoms with Gasteiger partial charge in [-0.25, -0.2) is 4.98 Å². The Hall–Kier alpha value is -3.80. The average Bonchev–Trinajstić information content (AvgIpc) is 3.54. The van der Waals surface area contributed by atoms with E-state index in [4.69, 9.17) is 14.2 Å². The molecule has 0 fully saturated rings. The fraction of sp³-hybridized carbons (Fsp3) is 0.632. The molecule has 0 saturated heterocycles. The van der Waals surface area contributed by atoms with Crippen LogP contribution in [0.2, 0.25) is 0 Å². The summed E-state index contributed by atoms with van der Waals surface area (Å²) in [6, 6.07) is 8.91. The maximum absolute atomic E-state index is 14.0. The van der Waals surface area contributed by atoms with Crippen LogP contribution in [0.5, 0.6) is 0 Å². The first-order chi connectivity index (χ1) is 23.4. The summed E-state index contributed by atoms with van der Waals surface area (Å²) in [4.78, 5) is 71.1. The van der Waals surface area contributed by atoms with Crippen molar-refractivity contribution in [3.8, 4) is 0 Å². The number of rotatable bonds is 18. The van der Waals surface area contributed by atoms with Crippen LogP contribution in [0.25, 0.3) is 0 Å². The summed E-state index contributed by atoms with van der Waals surface area (Å²) >= 11 is 1.20. The Morgan fingerprint density at radius 1 is 1.00 bits per heavy atom. The molecule has 2 rings (SSSR count). The molecule has 0 saturated carbocycles. The minimum Gasteiger partial charge on any atom is -0.469 e. The monoisotopic (exact) mass is 715 g/mol. The van der Waals surface area contributed by atoms with Gasteiger partial charge in [-0.1, -0.05) is 71.4 Å². The molecule has 0 spiro atoms. The molecule has 0 radical (unpaired) electrons. The first-order valence-electron chi connectivity index (χ1n) is 17.4. The van der Waals surface area contributed by atoms with Gasteiger partial charge in [0, 0.05) is 37.9 Å². The first-order valence-corrected chi connectivity index (χ1v) is 18.3. The number of amides is 2. The highest BCUT2D eigenvalue weighted by Gasteiger charge is 2.36. The van der Waals surface area contributed by atoms with Crippen molar-refractivity contribution in [2.75, 3.05) is 14.2 Å². The lowest BCUT2D eigenvalue weighted by Crippen LogP contribution is -2.46. The zero-order valence-electron chi connectivity index (χ0n) is 31.6. The number of carbonyl (C=O) groups is 5. The Bertz CT molecular complexity index is 1420. The van der Waals surface area contributed by atoms with Crippen molar-refractivity contribution >= 4 is 41.1 Å². The molecule has 2 amide bonds. The van der Waals surface area contributed by atoms with Crippen LogP contribution >= 0.6 is 11.3 Å². The van der Waals surface area contributed by atoms with Gasteiger partial charge in [-0.15, -0.1) is 11.3 Å². The molecule has 6 atom stereocenters. The Morgan fingerprint density at radius 2 is 1.64 bits per heavy atom. The van der Waals surface area contributed by atoms with E-state index in [9.17, 15) is 24.0 Å². The molecule has 0 bridgehead atoms. The van der Waals surface area contributed by atoms with Crippen molar-refractivity contribution in [3.05, 3.63) is 52.0 Å². The second-order valence-corrected chi connectivity index (χ2v) is 15.4. The van der Waals surface area contributed by atoms with E-state index in [2.05, 4.69) is 10.3 Å². The van der Waals surface area contributed by atoms with Crippen molar-refractivity contribution in [1.29, 1.82) is 0 Å². The lowest BCUT2D eigenvalue weighted by molar-refractivity contribution is -0.160. The molecule has 1 N–H and O–H groups in total. The van der Waals surface area contributed by atoms with E-state index in [0.717, 1.165) is 5.56 Å². The molecule has 1 aromatic carbocycles. The van der Waals surface area contributed by atoms with Crippen LogP contribution in [0.15, 0.2) is 35.7 Å². The number of methoxy groups -OCH3 is 1. The van der Waals surface area contributed by atoms with Gasteiger partial charge in [-0.05, 0) is 51.0 Å². The van der Waals surface area contributed by atoms with Gasteiger partial charge in [-0.2, -0.15) is 0 Å². The minimum absolute atomic E-state index is 0.0394. The number of esters is 3. The molecular formula is C38H57N3O8S. The highest BCUT2D eigenvalue weighted by atomic mass is 32.1. The van der Waals surface area contributed by atoms with E-state index < -0.39 is 41.4 Å². The van der Waals surface area contributed by atoms with Crippen LogP contribution in [0.1, 0.15) is 115 Å². The number of nitrogens with one attached hydrogen (secondary N) is 1. The first kappa shape index (κ1) is 42.4. The second kappa shape index (κ2) is 19.6. The van der Waals surface area contributed by atoms with E-state index in [1.165, 1.54) is 25.4 Å². The number of carbonyl (C=O) groups excluding carboxylic acids is 5. The van der Waals surface area contributed by atoms with Gasteiger partial charge in [0.2, 0.25) is 5.91 Å². The Morgan fingerprint density at radius 3 is 2.18 bits per heavy atom. The molecule has 0 aliphatic carbocycles. The zero-order chi connectivity index (χ0) is 37.8. The van der Waals surface area contributed by atoms with Gasteiger partial charge in [0.1, 0.15) is 16.3 Å². The summed E-state index contributed by atoms with van der Waals surface area (Å²) in [5.74, 6) is -3.05. The maximum atomic E-state index is 14.0. The molecule has 1 aromatic heterocycles. The summed E-state index contributed by atoms with van der Waals surface area (Å²) in [7, 11) is 3.05. The highest BCUT2D eigenvalue weighted by Crippen LogP contribution is 2.32. The molecule has 0 aliphatic rings. The van der Waals surface area contributed by atoms with E-state index in [1.54, 1.807) is 45.0 Å². The standard InChI is InChI=1S/C38H57N3O8S/c1-12-24(4)29(20-33(43)49-38(7,8)9)36(45)41(10)31(23(2)3)21-32(48-26(6)42)35-40-30(22-50-35)34(44)39-28(18-25(5)37(46)47-11)19-27-16-14-13-15-17-27/h13-17,22-25,28-29,31-32H,12,18-21H2,1-11H3,(H,39,44)/t24-,25-,28+,29-,31+,32+/m0/s1. The molecule has 278 valence electrons. The van der Waals surface area contributed by atoms with Crippen molar-refractivity contribution in [2.45, 2.75) is 118 Å². The predicted molar refractivity (Wildman–Crippen MR) is 193 cm³/mol.